The summed E-state index contributed by atoms with van der Waals surface area (Å²) in [5, 5.41) is 13.0. The van der Waals surface area contributed by atoms with Crippen LogP contribution in [-0.2, 0) is 6.54 Å². The van der Waals surface area contributed by atoms with Crippen molar-refractivity contribution in [3.8, 4) is 0 Å². The third kappa shape index (κ3) is 3.04. The number of carbonyl (C=O) groups is 1. The van der Waals surface area contributed by atoms with Crippen LogP contribution in [0.1, 0.15) is 34.3 Å². The summed E-state index contributed by atoms with van der Waals surface area (Å²) in [6, 6.07) is 2.42. The van der Waals surface area contributed by atoms with E-state index in [0.29, 0.717) is 18.3 Å². The Labute approximate surface area is 138 Å². The van der Waals surface area contributed by atoms with Crippen molar-refractivity contribution in [1.82, 2.24) is 20.4 Å². The van der Waals surface area contributed by atoms with Crippen LogP contribution in [0.2, 0.25) is 5.02 Å². The molecule has 1 aliphatic rings. The Morgan fingerprint density at radius 2 is 2.45 bits per heavy atom. The molecule has 0 aliphatic carbocycles. The summed E-state index contributed by atoms with van der Waals surface area (Å²) in [7, 11) is 0. The summed E-state index contributed by atoms with van der Waals surface area (Å²) in [6.45, 7) is 5.44. The molecule has 2 aromatic rings. The van der Waals surface area contributed by atoms with Gasteiger partial charge in [-0.1, -0.05) is 11.6 Å². The van der Waals surface area contributed by atoms with Gasteiger partial charge in [-0.2, -0.15) is 5.10 Å². The fourth-order valence-electron chi connectivity index (χ4n) is 2.86. The van der Waals surface area contributed by atoms with E-state index in [2.05, 4.69) is 22.4 Å². The molecule has 0 saturated carbocycles. The molecule has 22 heavy (non-hydrogen) atoms. The minimum atomic E-state index is 0.0287. The smallest absolute Gasteiger partial charge is 0.272 e. The highest BCUT2D eigenvalue weighted by Crippen LogP contribution is 2.24. The van der Waals surface area contributed by atoms with Gasteiger partial charge in [-0.15, -0.1) is 11.3 Å². The minimum Gasteiger partial charge on any atom is -0.333 e. The second-order valence-corrected chi connectivity index (χ2v) is 7.15. The molecule has 7 heteroatoms. The van der Waals surface area contributed by atoms with E-state index < -0.39 is 0 Å². The number of aryl methyl sites for hydroxylation is 1. The maximum atomic E-state index is 12.6. The number of nitrogens with zero attached hydrogens (tertiary/aromatic N) is 2. The van der Waals surface area contributed by atoms with Crippen molar-refractivity contribution in [1.29, 1.82) is 0 Å². The van der Waals surface area contributed by atoms with Crippen molar-refractivity contribution in [3.05, 3.63) is 38.8 Å². The first-order valence-corrected chi connectivity index (χ1v) is 8.58. The van der Waals surface area contributed by atoms with Crippen molar-refractivity contribution in [2.24, 2.45) is 0 Å². The van der Waals surface area contributed by atoms with E-state index in [1.54, 1.807) is 17.5 Å². The van der Waals surface area contributed by atoms with Crippen LogP contribution in [0.25, 0.3) is 0 Å². The number of hydrogen-bond donors (Lipinski definition) is 2. The second-order valence-electron chi connectivity index (χ2n) is 5.74. The maximum Gasteiger partial charge on any atom is 0.272 e. The van der Waals surface area contributed by atoms with Gasteiger partial charge in [-0.3, -0.25) is 9.89 Å². The van der Waals surface area contributed by atoms with Crippen molar-refractivity contribution in [2.75, 3.05) is 6.54 Å². The average molecular weight is 339 g/mol. The predicted octanol–water partition coefficient (Wildman–Crippen LogP) is 2.83. The molecule has 2 aromatic heterocycles. The van der Waals surface area contributed by atoms with Crippen LogP contribution in [0.4, 0.5) is 0 Å². The Balaban J connectivity index is 1.61. The van der Waals surface area contributed by atoms with E-state index in [-0.39, 0.29) is 11.9 Å². The van der Waals surface area contributed by atoms with Gasteiger partial charge in [0.2, 0.25) is 0 Å². The summed E-state index contributed by atoms with van der Waals surface area (Å²) in [5.74, 6) is 0.0287. The number of nitrogens with one attached hydrogen (secondary N) is 2. The van der Waals surface area contributed by atoms with Crippen molar-refractivity contribution >= 4 is 28.8 Å². The maximum absolute atomic E-state index is 12.6. The van der Waals surface area contributed by atoms with Crippen LogP contribution in [0.3, 0.4) is 0 Å². The van der Waals surface area contributed by atoms with E-state index in [4.69, 9.17) is 11.6 Å². The third-order valence-electron chi connectivity index (χ3n) is 4.12. The molecule has 1 amide bonds. The molecule has 118 valence electrons. The number of rotatable bonds is 4. The Kier molecular flexibility index (Phi) is 4.52. The van der Waals surface area contributed by atoms with Gasteiger partial charge < -0.3 is 10.2 Å². The molecule has 0 spiro atoms. The zero-order chi connectivity index (χ0) is 15.7. The van der Waals surface area contributed by atoms with Gasteiger partial charge in [0.1, 0.15) is 5.69 Å². The van der Waals surface area contributed by atoms with E-state index in [1.165, 1.54) is 0 Å². The van der Waals surface area contributed by atoms with E-state index >= 15 is 0 Å². The molecule has 0 bridgehead atoms. The van der Waals surface area contributed by atoms with E-state index in [9.17, 15) is 4.79 Å². The van der Waals surface area contributed by atoms with Gasteiger partial charge in [0, 0.05) is 30.1 Å². The van der Waals surface area contributed by atoms with Gasteiger partial charge in [-0.25, -0.2) is 0 Å². The molecule has 2 N–H and O–H groups in total. The molecule has 0 radical (unpaired) electrons. The highest BCUT2D eigenvalue weighted by molar-refractivity contribution is 7.10. The summed E-state index contributed by atoms with van der Waals surface area (Å²) < 4.78 is 0. The van der Waals surface area contributed by atoms with E-state index in [0.717, 1.165) is 28.4 Å². The number of carbonyl (C=O) groups excluding carboxylic acids is 1. The zero-order valence-corrected chi connectivity index (χ0v) is 14.2. The molecular formula is C15H19ClN4OS. The zero-order valence-electron chi connectivity index (χ0n) is 12.6. The first kappa shape index (κ1) is 15.5. The Bertz CT molecular complexity index is 668. The number of aromatic amines is 1. The largest absolute Gasteiger partial charge is 0.333 e. The lowest BCUT2D eigenvalue weighted by molar-refractivity contribution is 0.0738. The molecule has 5 nitrogen and oxygen atoms in total. The minimum absolute atomic E-state index is 0.0287. The lowest BCUT2D eigenvalue weighted by Crippen LogP contribution is -2.37. The predicted molar refractivity (Wildman–Crippen MR) is 88.4 cm³/mol. The number of aromatic nitrogens is 2. The Morgan fingerprint density at radius 1 is 1.64 bits per heavy atom. The molecule has 3 heterocycles. The normalized spacial score (nSPS) is 21.5. The summed E-state index contributed by atoms with van der Waals surface area (Å²) >= 11 is 7.77. The van der Waals surface area contributed by atoms with Gasteiger partial charge in [0.25, 0.3) is 5.91 Å². The van der Waals surface area contributed by atoms with Gasteiger partial charge in [0.05, 0.1) is 11.2 Å². The fourth-order valence-corrected chi connectivity index (χ4v) is 3.91. The Hall–Kier alpha value is -1.37. The summed E-state index contributed by atoms with van der Waals surface area (Å²) in [4.78, 5) is 15.6. The van der Waals surface area contributed by atoms with Crippen LogP contribution in [-0.4, -0.2) is 39.6 Å². The third-order valence-corrected chi connectivity index (χ3v) is 5.51. The molecule has 2 unspecified atom stereocenters. The topological polar surface area (TPSA) is 61.0 Å². The average Bonchev–Trinajstić information content (AvgIpc) is 3.17. The highest BCUT2D eigenvalue weighted by atomic mass is 35.5. The molecule has 0 aromatic carbocycles. The van der Waals surface area contributed by atoms with E-state index in [1.807, 2.05) is 23.3 Å². The standard InChI is InChI=1S/C15H19ClN4OS/c1-9-6-18-19-14(9)15(21)20-8-11(5-10(20)2)17-7-13-12(16)3-4-22-13/h3-4,6,10-11,17H,5,7-8H2,1-2H3,(H,18,19). The van der Waals surface area contributed by atoms with Crippen LogP contribution in [0.5, 0.6) is 0 Å². The molecule has 2 atom stereocenters. The monoisotopic (exact) mass is 338 g/mol. The number of halogens is 1. The van der Waals surface area contributed by atoms with Crippen LogP contribution >= 0.6 is 22.9 Å². The first-order chi connectivity index (χ1) is 10.6. The quantitative estimate of drug-likeness (QED) is 0.901. The van der Waals surface area contributed by atoms with Crippen LogP contribution in [0, 0.1) is 6.92 Å². The SMILES string of the molecule is Cc1cn[nH]c1C(=O)N1CC(NCc2sccc2Cl)CC1C. The van der Waals surface area contributed by atoms with Crippen LogP contribution in [0.15, 0.2) is 17.6 Å². The molecule has 1 fully saturated rings. The summed E-state index contributed by atoms with van der Waals surface area (Å²) in [6.07, 6.45) is 2.63. The van der Waals surface area contributed by atoms with Gasteiger partial charge >= 0.3 is 0 Å². The molecular weight excluding hydrogens is 320 g/mol. The molecule has 1 aliphatic heterocycles. The fraction of sp³-hybridized carbons (Fsp3) is 0.467. The summed E-state index contributed by atoms with van der Waals surface area (Å²) in [5.41, 5.74) is 1.48. The number of thiophene rings is 1. The lowest BCUT2D eigenvalue weighted by atomic mass is 10.2. The van der Waals surface area contributed by atoms with Crippen LogP contribution < -0.4 is 5.32 Å². The number of hydrogen-bond acceptors (Lipinski definition) is 4. The lowest BCUT2D eigenvalue weighted by Gasteiger charge is -2.21. The molecule has 1 saturated heterocycles. The first-order valence-electron chi connectivity index (χ1n) is 7.32. The number of amides is 1. The van der Waals surface area contributed by atoms with Crippen molar-refractivity contribution in [2.45, 2.75) is 38.9 Å². The number of likely N-dealkylation sites (tertiary alicyclic amines) is 1. The second kappa shape index (κ2) is 6.40. The van der Waals surface area contributed by atoms with Crippen molar-refractivity contribution in [3.63, 3.8) is 0 Å². The Morgan fingerprint density at radius 3 is 3.09 bits per heavy atom. The van der Waals surface area contributed by atoms with Gasteiger partial charge in [0.15, 0.2) is 0 Å². The van der Waals surface area contributed by atoms with Crippen molar-refractivity contribution < 1.29 is 4.79 Å². The van der Waals surface area contributed by atoms with Gasteiger partial charge in [-0.05, 0) is 37.3 Å². The molecule has 3 rings (SSSR count). The highest BCUT2D eigenvalue weighted by Gasteiger charge is 2.33. The number of H-pyrrole nitrogens is 1.